The predicted molar refractivity (Wildman–Crippen MR) is 49.5 cm³/mol. The number of aryl methyl sites for hydroxylation is 1. The number of hydrogen-bond donors (Lipinski definition) is 0. The van der Waals surface area contributed by atoms with Crippen molar-refractivity contribution in [2.75, 3.05) is 6.61 Å². The van der Waals surface area contributed by atoms with Gasteiger partial charge in [0.05, 0.1) is 6.61 Å². The molecule has 4 heteroatoms. The fraction of sp³-hybridized carbons (Fsp3) is 0.400. The second kappa shape index (κ2) is 4.09. The van der Waals surface area contributed by atoms with Crippen LogP contribution in [0.5, 0.6) is 0 Å². The van der Waals surface area contributed by atoms with Gasteiger partial charge in [0.2, 0.25) is 0 Å². The summed E-state index contributed by atoms with van der Waals surface area (Å²) < 4.78 is 9.93. The van der Waals surface area contributed by atoms with Crippen molar-refractivity contribution in [2.24, 2.45) is 0 Å². The number of carbonyl (C=O) groups is 2. The third-order valence-corrected chi connectivity index (χ3v) is 1.95. The molecule has 0 saturated carbocycles. The number of furan rings is 1. The van der Waals surface area contributed by atoms with Crippen LogP contribution in [0.15, 0.2) is 4.42 Å². The number of rotatable bonds is 3. The summed E-state index contributed by atoms with van der Waals surface area (Å²) in [5, 5.41) is 0. The molecular formula is C10H12O4. The van der Waals surface area contributed by atoms with Gasteiger partial charge in [-0.25, -0.2) is 4.79 Å². The SMILES string of the molecule is CCOC(=O)c1c(C)oc(C=O)c1C. The maximum Gasteiger partial charge on any atom is 0.341 e. The fourth-order valence-corrected chi connectivity index (χ4v) is 1.29. The molecule has 0 saturated heterocycles. The van der Waals surface area contributed by atoms with E-state index in [9.17, 15) is 9.59 Å². The molecule has 76 valence electrons. The van der Waals surface area contributed by atoms with Crippen molar-refractivity contribution < 1.29 is 18.7 Å². The lowest BCUT2D eigenvalue weighted by Crippen LogP contribution is -2.06. The van der Waals surface area contributed by atoms with Gasteiger partial charge in [0, 0.05) is 5.56 Å². The highest BCUT2D eigenvalue weighted by Crippen LogP contribution is 2.20. The van der Waals surface area contributed by atoms with Gasteiger partial charge >= 0.3 is 5.97 Å². The van der Waals surface area contributed by atoms with E-state index in [1.807, 2.05) is 0 Å². The Kier molecular flexibility index (Phi) is 3.06. The van der Waals surface area contributed by atoms with E-state index in [2.05, 4.69) is 0 Å². The van der Waals surface area contributed by atoms with Crippen molar-refractivity contribution >= 4 is 12.3 Å². The molecule has 0 aliphatic rings. The lowest BCUT2D eigenvalue weighted by atomic mass is 10.1. The first kappa shape index (κ1) is 10.5. The molecule has 0 fully saturated rings. The van der Waals surface area contributed by atoms with E-state index in [0.717, 1.165) is 0 Å². The Labute approximate surface area is 81.9 Å². The zero-order valence-corrected chi connectivity index (χ0v) is 8.42. The summed E-state index contributed by atoms with van der Waals surface area (Å²) in [6.45, 7) is 5.32. The number of hydrogen-bond acceptors (Lipinski definition) is 4. The predicted octanol–water partition coefficient (Wildman–Crippen LogP) is 1.89. The normalized spacial score (nSPS) is 9.93. The molecule has 0 aliphatic heterocycles. The van der Waals surface area contributed by atoms with Crippen LogP contribution in [0.4, 0.5) is 0 Å². The van der Waals surface area contributed by atoms with Crippen molar-refractivity contribution in [1.29, 1.82) is 0 Å². The van der Waals surface area contributed by atoms with Gasteiger partial charge < -0.3 is 9.15 Å². The molecule has 1 aromatic heterocycles. The largest absolute Gasteiger partial charge is 0.462 e. The van der Waals surface area contributed by atoms with Crippen molar-refractivity contribution in [3.63, 3.8) is 0 Å². The summed E-state index contributed by atoms with van der Waals surface area (Å²) in [5.41, 5.74) is 0.893. The first-order valence-corrected chi connectivity index (χ1v) is 4.34. The van der Waals surface area contributed by atoms with Gasteiger partial charge in [0.1, 0.15) is 11.3 Å². The summed E-state index contributed by atoms with van der Waals surface area (Å²) in [6.07, 6.45) is 0.588. The van der Waals surface area contributed by atoms with Crippen LogP contribution in [-0.4, -0.2) is 18.9 Å². The molecule has 0 amide bonds. The van der Waals surface area contributed by atoms with E-state index in [-0.39, 0.29) is 5.76 Å². The number of aldehydes is 1. The third kappa shape index (κ3) is 1.69. The minimum Gasteiger partial charge on any atom is -0.462 e. The number of esters is 1. The van der Waals surface area contributed by atoms with E-state index in [1.54, 1.807) is 20.8 Å². The smallest absolute Gasteiger partial charge is 0.341 e. The van der Waals surface area contributed by atoms with Crippen LogP contribution in [0.2, 0.25) is 0 Å². The Hall–Kier alpha value is -1.58. The molecule has 1 rings (SSSR count). The van der Waals surface area contributed by atoms with Gasteiger partial charge in [-0.3, -0.25) is 4.79 Å². The second-order valence-electron chi connectivity index (χ2n) is 2.86. The standard InChI is InChI=1S/C10H12O4/c1-4-13-10(12)9-6(2)8(5-11)14-7(9)3/h5H,4H2,1-3H3. The summed E-state index contributed by atoms with van der Waals surface area (Å²) in [5.74, 6) is 0.160. The topological polar surface area (TPSA) is 56.5 Å². The van der Waals surface area contributed by atoms with Crippen molar-refractivity contribution in [3.8, 4) is 0 Å². The zero-order chi connectivity index (χ0) is 10.7. The molecule has 0 aromatic carbocycles. The summed E-state index contributed by atoms with van der Waals surface area (Å²) in [7, 11) is 0. The van der Waals surface area contributed by atoms with E-state index >= 15 is 0 Å². The third-order valence-electron chi connectivity index (χ3n) is 1.95. The molecule has 0 atom stereocenters. The first-order chi connectivity index (χ1) is 6.61. The van der Waals surface area contributed by atoms with Crippen molar-refractivity contribution in [1.82, 2.24) is 0 Å². The van der Waals surface area contributed by atoms with Crippen LogP contribution in [0.25, 0.3) is 0 Å². The highest BCUT2D eigenvalue weighted by Gasteiger charge is 2.20. The van der Waals surface area contributed by atoms with Crippen molar-refractivity contribution in [3.05, 3.63) is 22.6 Å². The average molecular weight is 196 g/mol. The molecule has 0 N–H and O–H groups in total. The minimum atomic E-state index is -0.445. The van der Waals surface area contributed by atoms with Crippen LogP contribution in [0.3, 0.4) is 0 Å². The molecule has 0 aliphatic carbocycles. The van der Waals surface area contributed by atoms with E-state index in [4.69, 9.17) is 9.15 Å². The molecule has 4 nitrogen and oxygen atoms in total. The monoisotopic (exact) mass is 196 g/mol. The van der Waals surface area contributed by atoms with Crippen LogP contribution in [0, 0.1) is 13.8 Å². The molecular weight excluding hydrogens is 184 g/mol. The summed E-state index contributed by atoms with van der Waals surface area (Å²) in [6, 6.07) is 0. The van der Waals surface area contributed by atoms with Crippen LogP contribution in [0.1, 0.15) is 39.2 Å². The lowest BCUT2D eigenvalue weighted by Gasteiger charge is -2.00. The summed E-state index contributed by atoms with van der Waals surface area (Å²) in [4.78, 5) is 21.9. The molecule has 0 unspecified atom stereocenters. The minimum absolute atomic E-state index is 0.186. The number of carbonyl (C=O) groups excluding carboxylic acids is 2. The molecule has 0 bridgehead atoms. The van der Waals surface area contributed by atoms with E-state index in [0.29, 0.717) is 29.8 Å². The van der Waals surface area contributed by atoms with Gasteiger partial charge in [-0.1, -0.05) is 0 Å². The average Bonchev–Trinajstić information content (AvgIpc) is 2.41. The van der Waals surface area contributed by atoms with Crippen molar-refractivity contribution in [2.45, 2.75) is 20.8 Å². The molecule has 14 heavy (non-hydrogen) atoms. The van der Waals surface area contributed by atoms with Crippen LogP contribution < -0.4 is 0 Å². The van der Waals surface area contributed by atoms with Gasteiger partial charge in [0.25, 0.3) is 0 Å². The second-order valence-corrected chi connectivity index (χ2v) is 2.86. The fourth-order valence-electron chi connectivity index (χ4n) is 1.29. The molecule has 1 aromatic rings. The van der Waals surface area contributed by atoms with E-state index < -0.39 is 5.97 Å². The Morgan fingerprint density at radius 3 is 2.57 bits per heavy atom. The van der Waals surface area contributed by atoms with Crippen LogP contribution in [-0.2, 0) is 4.74 Å². The summed E-state index contributed by atoms with van der Waals surface area (Å²) >= 11 is 0. The Morgan fingerprint density at radius 1 is 1.50 bits per heavy atom. The molecule has 0 radical (unpaired) electrons. The first-order valence-electron chi connectivity index (χ1n) is 4.34. The van der Waals surface area contributed by atoms with Gasteiger partial charge in [-0.05, 0) is 20.8 Å². The quantitative estimate of drug-likeness (QED) is 0.547. The maximum atomic E-state index is 11.4. The highest BCUT2D eigenvalue weighted by molar-refractivity contribution is 5.94. The lowest BCUT2D eigenvalue weighted by molar-refractivity contribution is 0.0523. The maximum absolute atomic E-state index is 11.4. The van der Waals surface area contributed by atoms with E-state index in [1.165, 1.54) is 0 Å². The van der Waals surface area contributed by atoms with Crippen LogP contribution >= 0.6 is 0 Å². The Morgan fingerprint density at radius 2 is 2.14 bits per heavy atom. The van der Waals surface area contributed by atoms with Gasteiger partial charge in [-0.2, -0.15) is 0 Å². The Balaban J connectivity index is 3.13. The van der Waals surface area contributed by atoms with Gasteiger partial charge in [0.15, 0.2) is 12.0 Å². The highest BCUT2D eigenvalue weighted by atomic mass is 16.5. The molecule has 1 heterocycles. The Bertz CT molecular complexity index is 362. The molecule has 0 spiro atoms. The van der Waals surface area contributed by atoms with Gasteiger partial charge in [-0.15, -0.1) is 0 Å². The zero-order valence-electron chi connectivity index (χ0n) is 8.42. The number of ether oxygens (including phenoxy) is 1.